The van der Waals surface area contributed by atoms with Gasteiger partial charge < -0.3 is 19.5 Å². The van der Waals surface area contributed by atoms with Crippen LogP contribution in [0.4, 0.5) is 0 Å². The first kappa shape index (κ1) is 30.0. The van der Waals surface area contributed by atoms with Gasteiger partial charge >= 0.3 is 0 Å². The lowest BCUT2D eigenvalue weighted by Crippen LogP contribution is -2.53. The van der Waals surface area contributed by atoms with Gasteiger partial charge in [-0.25, -0.2) is 9.97 Å². The Morgan fingerprint density at radius 3 is 2.75 bits per heavy atom. The number of nitrogens with zero attached hydrogens (tertiary/aromatic N) is 6. The maximum absolute atomic E-state index is 14.0. The van der Waals surface area contributed by atoms with Gasteiger partial charge in [0.05, 0.1) is 11.0 Å². The van der Waals surface area contributed by atoms with E-state index in [1.165, 1.54) is 0 Å². The summed E-state index contributed by atoms with van der Waals surface area (Å²) in [5, 5.41) is 7.81. The molecule has 1 fully saturated rings. The van der Waals surface area contributed by atoms with E-state index in [-0.39, 0.29) is 36.8 Å². The molecule has 2 aromatic heterocycles. The molecule has 1 aliphatic heterocycles. The fraction of sp³-hybridized carbons (Fsp3) is 0.600. The first-order valence-electron chi connectivity index (χ1n) is 12.3. The molecule has 11 heteroatoms. The number of amides is 1. The molecule has 0 saturated carbocycles. The third kappa shape index (κ3) is 7.41. The van der Waals surface area contributed by atoms with E-state index in [9.17, 15) is 4.79 Å². The number of fused-ring (bicyclic) bond motifs is 1. The molecular weight excluding hydrogens is 501 g/mol. The summed E-state index contributed by atoms with van der Waals surface area (Å²) >= 11 is 0. The number of carbonyl (C=O) groups is 1. The zero-order valence-electron chi connectivity index (χ0n) is 21.4. The molecule has 0 radical (unpaired) electrons. The number of methoxy groups -OCH3 is 1. The number of halogens is 2. The summed E-state index contributed by atoms with van der Waals surface area (Å²) in [4.78, 5) is 25.0. The first-order valence-corrected chi connectivity index (χ1v) is 12.3. The van der Waals surface area contributed by atoms with Gasteiger partial charge in [-0.05, 0) is 49.8 Å². The molecule has 0 unspecified atom stereocenters. The van der Waals surface area contributed by atoms with Crippen LogP contribution < -0.4 is 5.32 Å². The average Bonchev–Trinajstić information content (AvgIpc) is 3.48. The van der Waals surface area contributed by atoms with Gasteiger partial charge in [-0.15, -0.1) is 24.8 Å². The zero-order chi connectivity index (χ0) is 23.9. The molecule has 36 heavy (non-hydrogen) atoms. The van der Waals surface area contributed by atoms with Crippen molar-refractivity contribution in [2.75, 3.05) is 33.4 Å². The molecule has 3 heterocycles. The largest absolute Gasteiger partial charge is 0.385 e. The molecule has 1 aliphatic rings. The van der Waals surface area contributed by atoms with Crippen molar-refractivity contribution in [3.63, 3.8) is 0 Å². The summed E-state index contributed by atoms with van der Waals surface area (Å²) in [6, 6.07) is 8.14. The van der Waals surface area contributed by atoms with Gasteiger partial charge in [0.15, 0.2) is 5.82 Å². The number of nitrogens with one attached hydrogen (secondary N) is 1. The van der Waals surface area contributed by atoms with Gasteiger partial charge in [0.1, 0.15) is 12.7 Å². The average molecular weight is 541 g/mol. The van der Waals surface area contributed by atoms with Crippen LogP contribution in [0, 0.1) is 11.8 Å². The molecule has 1 aromatic carbocycles. The Morgan fingerprint density at radius 1 is 1.22 bits per heavy atom. The summed E-state index contributed by atoms with van der Waals surface area (Å²) < 4.78 is 9.20. The first-order chi connectivity index (χ1) is 16.6. The highest BCUT2D eigenvalue weighted by Gasteiger charge is 2.33. The van der Waals surface area contributed by atoms with Crippen LogP contribution in [0.5, 0.6) is 0 Å². The van der Waals surface area contributed by atoms with Crippen molar-refractivity contribution in [3.05, 3.63) is 42.7 Å². The standard InChI is InChI=1S/C25H37N7O2.2ClH/c1-19(2)15-32(21-12-20(13-26-14-21)16-30-18-27-17-28-30)25(33)24-29-22-8-4-5-9-23(22)31(24)10-6-7-11-34-3;;/h4-5,8-9,17-21,26H,6-7,10-16H2,1-3H3;2*1H/t20-,21+;;/m1../s1. The number of piperidine rings is 1. The second-order valence-corrected chi connectivity index (χ2v) is 9.66. The van der Waals surface area contributed by atoms with Gasteiger partial charge in [0, 0.05) is 45.9 Å². The minimum Gasteiger partial charge on any atom is -0.385 e. The lowest BCUT2D eigenvalue weighted by molar-refractivity contribution is 0.0563. The van der Waals surface area contributed by atoms with Crippen LogP contribution in [0.15, 0.2) is 36.9 Å². The van der Waals surface area contributed by atoms with E-state index < -0.39 is 0 Å². The van der Waals surface area contributed by atoms with Crippen molar-refractivity contribution in [2.24, 2.45) is 11.8 Å². The van der Waals surface area contributed by atoms with Crippen LogP contribution in [0.3, 0.4) is 0 Å². The van der Waals surface area contributed by atoms with Crippen molar-refractivity contribution in [2.45, 2.75) is 52.2 Å². The number of carbonyl (C=O) groups excluding carboxylic acids is 1. The Morgan fingerprint density at radius 2 is 2.03 bits per heavy atom. The molecule has 4 rings (SSSR count). The molecule has 1 amide bonds. The lowest BCUT2D eigenvalue weighted by Gasteiger charge is -2.38. The minimum atomic E-state index is 0. The number of hydrogen-bond acceptors (Lipinski definition) is 6. The quantitative estimate of drug-likeness (QED) is 0.374. The van der Waals surface area contributed by atoms with Crippen LogP contribution in [0.2, 0.25) is 0 Å². The van der Waals surface area contributed by atoms with Crippen molar-refractivity contribution in [1.29, 1.82) is 0 Å². The Kier molecular flexibility index (Phi) is 12.1. The second-order valence-electron chi connectivity index (χ2n) is 9.66. The van der Waals surface area contributed by atoms with E-state index in [2.05, 4.69) is 44.8 Å². The number of ether oxygens (including phenoxy) is 1. The van der Waals surface area contributed by atoms with E-state index in [4.69, 9.17) is 9.72 Å². The Hall–Kier alpha value is -2.20. The number of benzene rings is 1. The number of unbranched alkanes of at least 4 members (excludes halogenated alkanes) is 1. The van der Waals surface area contributed by atoms with Gasteiger partial charge in [-0.2, -0.15) is 5.10 Å². The van der Waals surface area contributed by atoms with Crippen LogP contribution in [0.25, 0.3) is 11.0 Å². The Labute approximate surface area is 225 Å². The van der Waals surface area contributed by atoms with Crippen LogP contribution >= 0.6 is 24.8 Å². The number of imidazole rings is 1. The Bertz CT molecular complexity index is 1060. The molecule has 0 spiro atoms. The lowest BCUT2D eigenvalue weighted by atomic mass is 9.94. The fourth-order valence-corrected chi connectivity index (χ4v) is 4.87. The summed E-state index contributed by atoms with van der Waals surface area (Å²) in [5.41, 5.74) is 1.88. The number of rotatable bonds is 11. The maximum atomic E-state index is 14.0. The van der Waals surface area contributed by atoms with Gasteiger partial charge in [0.2, 0.25) is 0 Å². The van der Waals surface area contributed by atoms with Crippen LogP contribution in [-0.4, -0.2) is 74.5 Å². The molecule has 9 nitrogen and oxygen atoms in total. The van der Waals surface area contributed by atoms with E-state index in [1.807, 2.05) is 22.9 Å². The maximum Gasteiger partial charge on any atom is 0.290 e. The molecule has 200 valence electrons. The molecular formula is C25H39Cl2N7O2. The molecule has 0 bridgehead atoms. The highest BCUT2D eigenvalue weighted by atomic mass is 35.5. The van der Waals surface area contributed by atoms with E-state index in [0.29, 0.717) is 24.2 Å². The van der Waals surface area contributed by atoms with Crippen molar-refractivity contribution in [1.82, 2.24) is 34.5 Å². The summed E-state index contributed by atoms with van der Waals surface area (Å²) in [7, 11) is 1.72. The number of aromatic nitrogens is 5. The number of hydrogen-bond donors (Lipinski definition) is 1. The van der Waals surface area contributed by atoms with Gasteiger partial charge in [-0.1, -0.05) is 26.0 Å². The summed E-state index contributed by atoms with van der Waals surface area (Å²) in [5.74, 6) is 1.30. The SMILES string of the molecule is COCCCCn1c(C(=O)N(CC(C)C)[C@@H]2CNC[C@H](Cn3cncn3)C2)nc2ccccc21.Cl.Cl. The highest BCUT2D eigenvalue weighted by molar-refractivity contribution is 5.95. The normalized spacial score (nSPS) is 17.6. The molecule has 2 atom stereocenters. The second kappa shape index (κ2) is 14.5. The topological polar surface area (TPSA) is 90.1 Å². The zero-order valence-corrected chi connectivity index (χ0v) is 23.0. The number of aryl methyl sites for hydroxylation is 1. The monoisotopic (exact) mass is 539 g/mol. The molecule has 1 N–H and O–H groups in total. The minimum absolute atomic E-state index is 0. The highest BCUT2D eigenvalue weighted by Crippen LogP contribution is 2.23. The van der Waals surface area contributed by atoms with Crippen molar-refractivity contribution < 1.29 is 9.53 Å². The van der Waals surface area contributed by atoms with Gasteiger partial charge in [-0.3, -0.25) is 9.48 Å². The number of para-hydroxylation sites is 2. The van der Waals surface area contributed by atoms with E-state index in [1.54, 1.807) is 19.8 Å². The third-order valence-electron chi connectivity index (χ3n) is 6.42. The van der Waals surface area contributed by atoms with Gasteiger partial charge in [0.25, 0.3) is 5.91 Å². The predicted molar refractivity (Wildman–Crippen MR) is 146 cm³/mol. The van der Waals surface area contributed by atoms with Crippen molar-refractivity contribution >= 4 is 41.8 Å². The van der Waals surface area contributed by atoms with E-state index in [0.717, 1.165) is 63.1 Å². The fourth-order valence-electron chi connectivity index (χ4n) is 4.87. The van der Waals surface area contributed by atoms with E-state index >= 15 is 0 Å². The molecule has 1 saturated heterocycles. The third-order valence-corrected chi connectivity index (χ3v) is 6.42. The van der Waals surface area contributed by atoms with Crippen LogP contribution in [-0.2, 0) is 17.8 Å². The molecule has 0 aliphatic carbocycles. The van der Waals surface area contributed by atoms with Crippen LogP contribution in [0.1, 0.15) is 43.7 Å². The van der Waals surface area contributed by atoms with Crippen molar-refractivity contribution in [3.8, 4) is 0 Å². The summed E-state index contributed by atoms with van der Waals surface area (Å²) in [6.07, 6.45) is 6.14. The smallest absolute Gasteiger partial charge is 0.290 e. The molecule has 3 aromatic rings. The predicted octanol–water partition coefficient (Wildman–Crippen LogP) is 3.67. The summed E-state index contributed by atoms with van der Waals surface area (Å²) in [6.45, 7) is 9.00. The Balaban J connectivity index is 0.00000228.